The summed E-state index contributed by atoms with van der Waals surface area (Å²) in [6.45, 7) is 0. The number of phenolic OH excluding ortho intramolecular Hbond substituents is 1. The number of carbonyl (C=O) groups is 1. The molecule has 1 amide bonds. The van der Waals surface area contributed by atoms with Crippen LogP contribution in [0.4, 0.5) is 22.9 Å². The van der Waals surface area contributed by atoms with Gasteiger partial charge in [-0.05, 0) is 49.9 Å². The number of para-hydroxylation sites is 1. The lowest BCUT2D eigenvalue weighted by molar-refractivity contribution is 0.102. The minimum Gasteiger partial charge on any atom is -0.508 e. The molecule has 1 aliphatic carbocycles. The molecule has 0 aliphatic heterocycles. The molecule has 0 saturated heterocycles. The molecule has 1 saturated carbocycles. The molecule has 4 aromatic rings. The first kappa shape index (κ1) is 21.7. The van der Waals surface area contributed by atoms with Crippen LogP contribution in [0.25, 0.3) is 5.65 Å². The predicted molar refractivity (Wildman–Crippen MR) is 133 cm³/mol. The Balaban J connectivity index is 1.49. The Bertz CT molecular complexity index is 1300. The Morgan fingerprint density at radius 1 is 1.00 bits per heavy atom. The van der Waals surface area contributed by atoms with Gasteiger partial charge in [0.25, 0.3) is 5.91 Å². The number of benzene rings is 2. The van der Waals surface area contributed by atoms with Crippen LogP contribution in [0.5, 0.6) is 5.75 Å². The Labute approximate surface area is 197 Å². The lowest BCUT2D eigenvalue weighted by Crippen LogP contribution is -2.33. The highest BCUT2D eigenvalue weighted by atomic mass is 16.3. The lowest BCUT2D eigenvalue weighted by atomic mass is 9.92. The lowest BCUT2D eigenvalue weighted by Gasteiger charge is -2.27. The number of hydrogen-bond acceptors (Lipinski definition) is 7. The van der Waals surface area contributed by atoms with Crippen molar-refractivity contribution in [2.75, 3.05) is 16.0 Å². The fourth-order valence-electron chi connectivity index (χ4n) is 4.21. The van der Waals surface area contributed by atoms with Crippen molar-refractivity contribution in [1.82, 2.24) is 14.6 Å². The highest BCUT2D eigenvalue weighted by Gasteiger charge is 2.21. The molecule has 2 aromatic carbocycles. The van der Waals surface area contributed by atoms with Gasteiger partial charge in [0.15, 0.2) is 11.3 Å². The van der Waals surface area contributed by atoms with Crippen molar-refractivity contribution < 1.29 is 9.90 Å². The smallest absolute Gasteiger partial charge is 0.276 e. The van der Waals surface area contributed by atoms with Crippen LogP contribution in [-0.4, -0.2) is 37.7 Å². The van der Waals surface area contributed by atoms with Crippen LogP contribution in [-0.2, 0) is 0 Å². The van der Waals surface area contributed by atoms with Crippen LogP contribution < -0.4 is 21.7 Å². The number of anilines is 4. The van der Waals surface area contributed by atoms with E-state index in [1.54, 1.807) is 22.7 Å². The van der Waals surface area contributed by atoms with E-state index in [1.165, 1.54) is 12.3 Å². The van der Waals surface area contributed by atoms with Crippen molar-refractivity contribution in [3.8, 4) is 5.75 Å². The van der Waals surface area contributed by atoms with E-state index in [0.29, 0.717) is 17.2 Å². The maximum absolute atomic E-state index is 13.1. The Kier molecular flexibility index (Phi) is 6.01. The van der Waals surface area contributed by atoms with Crippen molar-refractivity contribution in [3.63, 3.8) is 0 Å². The van der Waals surface area contributed by atoms with Gasteiger partial charge in [-0.15, -0.1) is 5.10 Å². The normalized spacial score (nSPS) is 17.9. The number of amides is 1. The molecule has 0 bridgehead atoms. The van der Waals surface area contributed by atoms with E-state index in [-0.39, 0.29) is 29.4 Å². The fourth-order valence-corrected chi connectivity index (χ4v) is 4.21. The van der Waals surface area contributed by atoms with E-state index < -0.39 is 0 Å². The summed E-state index contributed by atoms with van der Waals surface area (Å²) in [6, 6.07) is 18.6. The van der Waals surface area contributed by atoms with Gasteiger partial charge in [-0.25, -0.2) is 9.50 Å². The van der Waals surface area contributed by atoms with Crippen LogP contribution in [0.1, 0.15) is 36.2 Å². The summed E-state index contributed by atoms with van der Waals surface area (Å²) in [7, 11) is 0. The Hall–Kier alpha value is -4.11. The number of phenols is 1. The van der Waals surface area contributed by atoms with Crippen LogP contribution in [0.15, 0.2) is 66.9 Å². The monoisotopic (exact) mass is 457 g/mol. The second-order valence-electron chi connectivity index (χ2n) is 8.57. The van der Waals surface area contributed by atoms with Gasteiger partial charge in [0.1, 0.15) is 11.6 Å². The summed E-state index contributed by atoms with van der Waals surface area (Å²) in [5, 5.41) is 24.1. The van der Waals surface area contributed by atoms with E-state index >= 15 is 0 Å². The van der Waals surface area contributed by atoms with E-state index in [0.717, 1.165) is 37.1 Å². The molecule has 1 fully saturated rings. The molecule has 9 nitrogen and oxygen atoms in total. The summed E-state index contributed by atoms with van der Waals surface area (Å²) in [6.07, 6.45) is 5.38. The van der Waals surface area contributed by atoms with Crippen LogP contribution in [0.2, 0.25) is 0 Å². The second kappa shape index (κ2) is 9.40. The molecule has 6 N–H and O–H groups in total. The topological polar surface area (TPSA) is 130 Å². The summed E-state index contributed by atoms with van der Waals surface area (Å²) in [4.78, 5) is 17.5. The zero-order chi connectivity index (χ0) is 23.5. The zero-order valence-electron chi connectivity index (χ0n) is 18.6. The summed E-state index contributed by atoms with van der Waals surface area (Å²) in [5.74, 6) is 0.343. The molecule has 0 spiro atoms. The molecule has 34 heavy (non-hydrogen) atoms. The Morgan fingerprint density at radius 3 is 2.53 bits per heavy atom. The largest absolute Gasteiger partial charge is 0.508 e. The maximum atomic E-state index is 13.1. The van der Waals surface area contributed by atoms with Crippen molar-refractivity contribution in [2.45, 2.75) is 37.8 Å². The first-order valence-corrected chi connectivity index (χ1v) is 11.4. The van der Waals surface area contributed by atoms with Gasteiger partial charge in [-0.1, -0.05) is 24.3 Å². The van der Waals surface area contributed by atoms with Crippen molar-refractivity contribution in [3.05, 3.63) is 72.6 Å². The van der Waals surface area contributed by atoms with Crippen molar-refractivity contribution in [1.29, 1.82) is 0 Å². The number of nitrogens with one attached hydrogen (secondary N) is 3. The molecule has 0 atom stereocenters. The summed E-state index contributed by atoms with van der Waals surface area (Å²) >= 11 is 0. The standard InChI is InChI=1S/C25H27N7O2/c26-16-9-11-18(12-10-16)29-23-14-21(28-17-5-2-1-3-6-17)24-27-15-22(32(24)31-23)25(34)30-19-7-4-8-20(33)13-19/h1-8,13-16,18,28,33H,9-12,26H2,(H,29,31)(H,30,34)/t16-,18-. The molecule has 174 valence electrons. The van der Waals surface area contributed by atoms with E-state index in [4.69, 9.17) is 10.8 Å². The molecule has 2 aromatic heterocycles. The van der Waals surface area contributed by atoms with Gasteiger partial charge < -0.3 is 26.8 Å². The fraction of sp³-hybridized carbons (Fsp3) is 0.240. The van der Waals surface area contributed by atoms with Gasteiger partial charge in [-0.2, -0.15) is 0 Å². The summed E-state index contributed by atoms with van der Waals surface area (Å²) in [5.41, 5.74) is 8.98. The van der Waals surface area contributed by atoms with Crippen molar-refractivity contribution >= 4 is 34.4 Å². The maximum Gasteiger partial charge on any atom is 0.276 e. The van der Waals surface area contributed by atoms with E-state index in [9.17, 15) is 9.90 Å². The summed E-state index contributed by atoms with van der Waals surface area (Å²) < 4.78 is 1.54. The second-order valence-corrected chi connectivity index (χ2v) is 8.57. The average Bonchev–Trinajstić information content (AvgIpc) is 3.26. The molecule has 5 rings (SSSR count). The number of aromatic hydroxyl groups is 1. The van der Waals surface area contributed by atoms with Gasteiger partial charge in [0.2, 0.25) is 0 Å². The molecule has 0 radical (unpaired) electrons. The number of fused-ring (bicyclic) bond motifs is 1. The van der Waals surface area contributed by atoms with E-state index in [1.807, 2.05) is 36.4 Å². The van der Waals surface area contributed by atoms with Gasteiger partial charge in [0.05, 0.1) is 11.9 Å². The molecular formula is C25H27N7O2. The third-order valence-corrected chi connectivity index (χ3v) is 5.98. The average molecular weight is 458 g/mol. The molecule has 0 unspecified atom stereocenters. The molecule has 2 heterocycles. The Morgan fingerprint density at radius 2 is 1.76 bits per heavy atom. The molecular weight excluding hydrogens is 430 g/mol. The van der Waals surface area contributed by atoms with Gasteiger partial charge >= 0.3 is 0 Å². The number of aromatic nitrogens is 3. The number of carbonyl (C=O) groups excluding carboxylic acids is 1. The quantitative estimate of drug-likeness (QED) is 0.295. The highest BCUT2D eigenvalue weighted by molar-refractivity contribution is 6.03. The highest BCUT2D eigenvalue weighted by Crippen LogP contribution is 2.27. The van der Waals surface area contributed by atoms with Crippen molar-refractivity contribution in [2.24, 2.45) is 5.73 Å². The first-order chi connectivity index (χ1) is 16.5. The van der Waals surface area contributed by atoms with E-state index in [2.05, 4.69) is 20.9 Å². The molecule has 9 heteroatoms. The molecule has 1 aliphatic rings. The first-order valence-electron chi connectivity index (χ1n) is 11.4. The predicted octanol–water partition coefficient (Wildman–Crippen LogP) is 4.11. The van der Waals surface area contributed by atoms with Gasteiger partial charge in [0, 0.05) is 35.6 Å². The number of nitrogens with two attached hydrogens (primary N) is 1. The number of hydrogen-bond donors (Lipinski definition) is 5. The number of imidazole rings is 1. The third kappa shape index (κ3) is 4.79. The zero-order valence-corrected chi connectivity index (χ0v) is 18.6. The van der Waals surface area contributed by atoms with Crippen LogP contribution in [0, 0.1) is 0 Å². The SMILES string of the molecule is N[C@H]1CC[C@H](Nc2cc(Nc3ccccc3)c3ncc(C(=O)Nc4cccc(O)c4)n3n2)CC1. The number of rotatable bonds is 6. The van der Waals surface area contributed by atoms with Gasteiger partial charge in [-0.3, -0.25) is 4.79 Å². The minimum absolute atomic E-state index is 0.0714. The minimum atomic E-state index is -0.378. The van der Waals surface area contributed by atoms with Crippen LogP contribution >= 0.6 is 0 Å². The van der Waals surface area contributed by atoms with Crippen LogP contribution in [0.3, 0.4) is 0 Å². The third-order valence-electron chi connectivity index (χ3n) is 5.98. The number of nitrogens with zero attached hydrogens (tertiary/aromatic N) is 3.